The van der Waals surface area contributed by atoms with Crippen molar-refractivity contribution in [3.8, 4) is 0 Å². The summed E-state index contributed by atoms with van der Waals surface area (Å²) in [6.07, 6.45) is 7.27. The highest BCUT2D eigenvalue weighted by molar-refractivity contribution is 7.99. The third kappa shape index (κ3) is 3.38. The number of aliphatic hydroxyl groups is 1. The molecule has 2 N–H and O–H groups in total. The SMILES string of the molecule is CCC1(C(=O)NC(C)C(CO)SC)CCCC1. The lowest BCUT2D eigenvalue weighted by molar-refractivity contribution is -0.131. The third-order valence-electron chi connectivity index (χ3n) is 4.12. The minimum atomic E-state index is -0.132. The van der Waals surface area contributed by atoms with Gasteiger partial charge in [0.15, 0.2) is 0 Å². The molecule has 2 unspecified atom stereocenters. The maximum absolute atomic E-state index is 12.3. The zero-order chi connectivity index (χ0) is 12.9. The quantitative estimate of drug-likeness (QED) is 0.769. The average Bonchev–Trinajstić information content (AvgIpc) is 2.80. The van der Waals surface area contributed by atoms with Crippen LogP contribution in [0.1, 0.15) is 46.0 Å². The van der Waals surface area contributed by atoms with E-state index in [-0.39, 0.29) is 29.2 Å². The van der Waals surface area contributed by atoms with E-state index in [0.717, 1.165) is 19.3 Å². The summed E-state index contributed by atoms with van der Waals surface area (Å²) in [7, 11) is 0. The van der Waals surface area contributed by atoms with E-state index in [1.807, 2.05) is 13.2 Å². The predicted octanol–water partition coefficient (Wildman–Crippen LogP) is 2.19. The Morgan fingerprint density at radius 2 is 2.06 bits per heavy atom. The summed E-state index contributed by atoms with van der Waals surface area (Å²) >= 11 is 1.60. The Kier molecular flexibility index (Phi) is 5.80. The molecule has 100 valence electrons. The van der Waals surface area contributed by atoms with Gasteiger partial charge in [0.2, 0.25) is 5.91 Å². The van der Waals surface area contributed by atoms with E-state index in [9.17, 15) is 9.90 Å². The first-order valence-electron chi connectivity index (χ1n) is 6.54. The second kappa shape index (κ2) is 6.64. The first kappa shape index (κ1) is 14.8. The maximum Gasteiger partial charge on any atom is 0.226 e. The number of rotatable bonds is 6. The van der Waals surface area contributed by atoms with Gasteiger partial charge in [-0.15, -0.1) is 0 Å². The predicted molar refractivity (Wildman–Crippen MR) is 73.2 cm³/mol. The number of hydrogen-bond donors (Lipinski definition) is 2. The van der Waals surface area contributed by atoms with Gasteiger partial charge in [0, 0.05) is 16.7 Å². The molecule has 0 aromatic carbocycles. The summed E-state index contributed by atoms with van der Waals surface area (Å²) in [5.74, 6) is 0.192. The Morgan fingerprint density at radius 1 is 1.47 bits per heavy atom. The molecule has 17 heavy (non-hydrogen) atoms. The zero-order valence-corrected chi connectivity index (χ0v) is 12.0. The van der Waals surface area contributed by atoms with Gasteiger partial charge in [-0.2, -0.15) is 11.8 Å². The van der Waals surface area contributed by atoms with Gasteiger partial charge in [0.25, 0.3) is 0 Å². The van der Waals surface area contributed by atoms with Crippen LogP contribution in [0.4, 0.5) is 0 Å². The fourth-order valence-electron chi connectivity index (χ4n) is 2.68. The van der Waals surface area contributed by atoms with E-state index >= 15 is 0 Å². The summed E-state index contributed by atoms with van der Waals surface area (Å²) in [5.41, 5.74) is -0.132. The minimum absolute atomic E-state index is 0.0338. The average molecular weight is 259 g/mol. The number of thioether (sulfide) groups is 1. The van der Waals surface area contributed by atoms with E-state index in [4.69, 9.17) is 0 Å². The minimum Gasteiger partial charge on any atom is -0.395 e. The standard InChI is InChI=1S/C13H25NO2S/c1-4-13(7-5-6-8-13)12(16)14-10(2)11(9-15)17-3/h10-11,15H,4-9H2,1-3H3,(H,14,16). The monoisotopic (exact) mass is 259 g/mol. The molecule has 0 saturated heterocycles. The molecule has 0 aliphatic heterocycles. The van der Waals surface area contributed by atoms with Crippen LogP contribution >= 0.6 is 11.8 Å². The van der Waals surface area contributed by atoms with E-state index < -0.39 is 0 Å². The number of carbonyl (C=O) groups excluding carboxylic acids is 1. The van der Waals surface area contributed by atoms with E-state index in [2.05, 4.69) is 12.2 Å². The molecule has 4 heteroatoms. The van der Waals surface area contributed by atoms with Gasteiger partial charge >= 0.3 is 0 Å². The van der Waals surface area contributed by atoms with Crippen molar-refractivity contribution in [3.63, 3.8) is 0 Å². The third-order valence-corrected chi connectivity index (χ3v) is 5.28. The molecular formula is C13H25NO2S. The molecule has 1 rings (SSSR count). The van der Waals surface area contributed by atoms with Gasteiger partial charge in [-0.25, -0.2) is 0 Å². The molecule has 0 spiro atoms. The molecule has 0 aromatic heterocycles. The van der Waals surface area contributed by atoms with Crippen molar-refractivity contribution < 1.29 is 9.90 Å². The second-order valence-electron chi connectivity index (χ2n) is 5.06. The van der Waals surface area contributed by atoms with Crippen molar-refractivity contribution in [1.82, 2.24) is 5.32 Å². The van der Waals surface area contributed by atoms with Crippen LogP contribution in [-0.4, -0.2) is 35.2 Å². The molecule has 1 aliphatic rings. The highest BCUT2D eigenvalue weighted by Gasteiger charge is 2.40. The lowest BCUT2D eigenvalue weighted by atomic mass is 9.82. The normalized spacial score (nSPS) is 22.1. The van der Waals surface area contributed by atoms with Crippen LogP contribution in [0.25, 0.3) is 0 Å². The second-order valence-corrected chi connectivity index (χ2v) is 6.14. The van der Waals surface area contributed by atoms with Crippen molar-refractivity contribution >= 4 is 17.7 Å². The molecule has 3 nitrogen and oxygen atoms in total. The van der Waals surface area contributed by atoms with Crippen LogP contribution in [0.3, 0.4) is 0 Å². The van der Waals surface area contributed by atoms with E-state index in [1.165, 1.54) is 12.8 Å². The van der Waals surface area contributed by atoms with Crippen LogP contribution in [0.15, 0.2) is 0 Å². The van der Waals surface area contributed by atoms with Gasteiger partial charge in [0.1, 0.15) is 0 Å². The van der Waals surface area contributed by atoms with Crippen molar-refractivity contribution in [1.29, 1.82) is 0 Å². The lowest BCUT2D eigenvalue weighted by Gasteiger charge is -2.30. The summed E-state index contributed by atoms with van der Waals surface area (Å²) in [4.78, 5) is 12.3. The number of aliphatic hydroxyl groups excluding tert-OH is 1. The molecule has 1 saturated carbocycles. The van der Waals surface area contributed by atoms with Gasteiger partial charge < -0.3 is 10.4 Å². The van der Waals surface area contributed by atoms with Crippen LogP contribution in [0.5, 0.6) is 0 Å². The maximum atomic E-state index is 12.3. The first-order valence-corrected chi connectivity index (χ1v) is 7.83. The summed E-state index contributed by atoms with van der Waals surface area (Å²) in [6, 6.07) is 0.0338. The largest absolute Gasteiger partial charge is 0.395 e. The number of amides is 1. The molecule has 0 heterocycles. The smallest absolute Gasteiger partial charge is 0.226 e. The summed E-state index contributed by atoms with van der Waals surface area (Å²) < 4.78 is 0. The molecule has 1 fully saturated rings. The van der Waals surface area contributed by atoms with Crippen LogP contribution < -0.4 is 5.32 Å². The highest BCUT2D eigenvalue weighted by atomic mass is 32.2. The van der Waals surface area contributed by atoms with E-state index in [1.54, 1.807) is 11.8 Å². The fourth-order valence-corrected chi connectivity index (χ4v) is 3.31. The number of nitrogens with one attached hydrogen (secondary N) is 1. The Morgan fingerprint density at radius 3 is 2.47 bits per heavy atom. The Hall–Kier alpha value is -0.220. The number of carbonyl (C=O) groups is 1. The molecular weight excluding hydrogens is 234 g/mol. The van der Waals surface area contributed by atoms with Crippen molar-refractivity contribution in [2.24, 2.45) is 5.41 Å². The van der Waals surface area contributed by atoms with Crippen molar-refractivity contribution in [2.45, 2.75) is 57.2 Å². The van der Waals surface area contributed by atoms with Crippen LogP contribution in [-0.2, 0) is 4.79 Å². The summed E-state index contributed by atoms with van der Waals surface area (Å²) in [6.45, 7) is 4.20. The number of hydrogen-bond acceptors (Lipinski definition) is 3. The Balaban J connectivity index is 2.58. The van der Waals surface area contributed by atoms with Crippen molar-refractivity contribution in [2.75, 3.05) is 12.9 Å². The van der Waals surface area contributed by atoms with Crippen molar-refractivity contribution in [3.05, 3.63) is 0 Å². The van der Waals surface area contributed by atoms with Gasteiger partial charge in [0.05, 0.1) is 6.61 Å². The highest BCUT2D eigenvalue weighted by Crippen LogP contribution is 2.41. The van der Waals surface area contributed by atoms with Gasteiger partial charge in [-0.3, -0.25) is 4.79 Å². The lowest BCUT2D eigenvalue weighted by Crippen LogP contribution is -2.47. The van der Waals surface area contributed by atoms with Gasteiger partial charge in [-0.05, 0) is 32.4 Å². The Bertz CT molecular complexity index is 248. The molecule has 0 bridgehead atoms. The van der Waals surface area contributed by atoms with Crippen LogP contribution in [0, 0.1) is 5.41 Å². The van der Waals surface area contributed by atoms with Gasteiger partial charge in [-0.1, -0.05) is 19.8 Å². The zero-order valence-electron chi connectivity index (χ0n) is 11.2. The van der Waals surface area contributed by atoms with E-state index in [0.29, 0.717) is 0 Å². The molecule has 1 amide bonds. The fraction of sp³-hybridized carbons (Fsp3) is 0.923. The summed E-state index contributed by atoms with van der Waals surface area (Å²) in [5, 5.41) is 12.4. The molecule has 2 atom stereocenters. The topological polar surface area (TPSA) is 49.3 Å². The molecule has 1 aliphatic carbocycles. The van der Waals surface area contributed by atoms with Crippen LogP contribution in [0.2, 0.25) is 0 Å². The molecule has 0 radical (unpaired) electrons. The first-order chi connectivity index (χ1) is 8.09. The molecule has 0 aromatic rings. The Labute approximate surface area is 109 Å².